The third-order valence-corrected chi connectivity index (χ3v) is 8.03. The molecule has 0 N–H and O–H groups in total. The van der Waals surface area contributed by atoms with Gasteiger partial charge >= 0.3 is 6.09 Å². The highest BCUT2D eigenvalue weighted by atomic mass is 16.5. The Morgan fingerprint density at radius 2 is 2.08 bits per heavy atom. The van der Waals surface area contributed by atoms with Gasteiger partial charge < -0.3 is 4.74 Å². The number of rotatable bonds is 0. The maximum absolute atomic E-state index is 13.4. The topological polar surface area (TPSA) is 49.9 Å². The van der Waals surface area contributed by atoms with Gasteiger partial charge in [-0.25, -0.2) is 4.79 Å². The molecule has 3 aliphatic heterocycles. The maximum Gasteiger partial charge on any atom is 0.414 e. The number of ether oxygens (including phenoxy) is 1. The molecule has 2 bridgehead atoms. The van der Waals surface area contributed by atoms with E-state index >= 15 is 0 Å². The van der Waals surface area contributed by atoms with Gasteiger partial charge in [-0.1, -0.05) is 30.4 Å². The number of anilines is 1. The molecule has 1 aromatic rings. The number of carbonyl (C=O) groups is 2. The highest BCUT2D eigenvalue weighted by molar-refractivity contribution is 6.01. The standard InChI is InChI=1S/C21H22N2O3/c1-26-18(25)23-15-6-3-2-5-14(15)21-10-12-22-11-4-7-19(17(21)22)8-9-20(21,23)13-16(19)24/h2-7,17H,8-13H2,1H3. The number of benzene rings is 1. The van der Waals surface area contributed by atoms with Crippen LogP contribution in [0.2, 0.25) is 0 Å². The van der Waals surface area contributed by atoms with E-state index in [1.165, 1.54) is 12.7 Å². The molecule has 3 saturated carbocycles. The molecule has 3 heterocycles. The van der Waals surface area contributed by atoms with Crippen LogP contribution >= 0.6 is 0 Å². The van der Waals surface area contributed by atoms with Crippen LogP contribution in [0.25, 0.3) is 0 Å². The zero-order chi connectivity index (χ0) is 17.7. The maximum atomic E-state index is 13.4. The highest BCUT2D eigenvalue weighted by Crippen LogP contribution is 2.72. The summed E-state index contributed by atoms with van der Waals surface area (Å²) in [6.07, 6.45) is 7.18. The van der Waals surface area contributed by atoms with Gasteiger partial charge in [-0.05, 0) is 37.4 Å². The van der Waals surface area contributed by atoms with Crippen molar-refractivity contribution in [3.8, 4) is 0 Å². The molecule has 0 radical (unpaired) electrons. The minimum Gasteiger partial charge on any atom is -0.452 e. The first-order chi connectivity index (χ1) is 12.6. The summed E-state index contributed by atoms with van der Waals surface area (Å²) in [6, 6.07) is 8.42. The van der Waals surface area contributed by atoms with E-state index in [2.05, 4.69) is 29.2 Å². The zero-order valence-electron chi connectivity index (χ0n) is 14.9. The number of hydrogen-bond acceptors (Lipinski definition) is 4. The molecule has 26 heavy (non-hydrogen) atoms. The molecule has 3 aliphatic carbocycles. The van der Waals surface area contributed by atoms with Crippen LogP contribution in [0.15, 0.2) is 36.4 Å². The molecule has 0 aromatic heterocycles. The minimum atomic E-state index is -0.479. The van der Waals surface area contributed by atoms with Crippen molar-refractivity contribution in [3.63, 3.8) is 0 Å². The first kappa shape index (κ1) is 15.0. The summed E-state index contributed by atoms with van der Waals surface area (Å²) in [6.45, 7) is 1.88. The third-order valence-electron chi connectivity index (χ3n) is 8.03. The molecule has 7 rings (SSSR count). The Morgan fingerprint density at radius 1 is 1.23 bits per heavy atom. The molecule has 3 spiro atoms. The molecule has 1 aromatic carbocycles. The second-order valence-electron chi connectivity index (χ2n) is 8.52. The van der Waals surface area contributed by atoms with Crippen molar-refractivity contribution in [1.29, 1.82) is 0 Å². The van der Waals surface area contributed by atoms with E-state index in [4.69, 9.17) is 4.74 Å². The second-order valence-corrected chi connectivity index (χ2v) is 8.52. The lowest BCUT2D eigenvalue weighted by molar-refractivity contribution is -0.147. The van der Waals surface area contributed by atoms with Crippen LogP contribution in [0.3, 0.4) is 0 Å². The summed E-state index contributed by atoms with van der Waals surface area (Å²) >= 11 is 0. The van der Waals surface area contributed by atoms with E-state index in [1.54, 1.807) is 0 Å². The number of carbonyl (C=O) groups excluding carboxylic acids is 2. The Hall–Kier alpha value is -2.14. The Balaban J connectivity index is 1.71. The molecular formula is C21H22N2O3. The fourth-order valence-electron chi connectivity index (χ4n) is 7.32. The van der Waals surface area contributed by atoms with E-state index < -0.39 is 5.54 Å². The number of Topliss-reactive ketones (excluding diaryl/α,β-unsaturated/α-hetero) is 1. The highest BCUT2D eigenvalue weighted by Gasteiger charge is 2.79. The summed E-state index contributed by atoms with van der Waals surface area (Å²) < 4.78 is 5.20. The molecule has 4 fully saturated rings. The van der Waals surface area contributed by atoms with Crippen LogP contribution in [0.1, 0.15) is 31.2 Å². The number of nitrogens with zero attached hydrogens (tertiary/aromatic N) is 2. The lowest BCUT2D eigenvalue weighted by atomic mass is 9.42. The van der Waals surface area contributed by atoms with Crippen LogP contribution < -0.4 is 4.90 Å². The van der Waals surface area contributed by atoms with Crippen LogP contribution in [0, 0.1) is 5.41 Å². The van der Waals surface area contributed by atoms with Crippen LogP contribution in [0.5, 0.6) is 0 Å². The smallest absolute Gasteiger partial charge is 0.414 e. The summed E-state index contributed by atoms with van der Waals surface area (Å²) in [7, 11) is 1.44. The van der Waals surface area contributed by atoms with E-state index in [0.29, 0.717) is 12.2 Å². The molecule has 6 aliphatic rings. The van der Waals surface area contributed by atoms with Crippen LogP contribution in [-0.4, -0.2) is 48.6 Å². The number of ketones is 1. The molecule has 1 saturated heterocycles. The number of para-hydroxylation sites is 1. The van der Waals surface area contributed by atoms with Gasteiger partial charge in [0.2, 0.25) is 0 Å². The van der Waals surface area contributed by atoms with Gasteiger partial charge in [0.15, 0.2) is 0 Å². The summed E-state index contributed by atoms with van der Waals surface area (Å²) in [5, 5.41) is 0. The third kappa shape index (κ3) is 1.26. The van der Waals surface area contributed by atoms with E-state index in [-0.39, 0.29) is 23.0 Å². The summed E-state index contributed by atoms with van der Waals surface area (Å²) in [5.41, 5.74) is 1.16. The van der Waals surface area contributed by atoms with Crippen molar-refractivity contribution in [2.24, 2.45) is 5.41 Å². The molecule has 5 nitrogen and oxygen atoms in total. The fraction of sp³-hybridized carbons (Fsp3) is 0.524. The molecule has 1 amide bonds. The largest absolute Gasteiger partial charge is 0.452 e. The Kier molecular flexibility index (Phi) is 2.53. The van der Waals surface area contributed by atoms with E-state index in [1.807, 2.05) is 17.0 Å². The zero-order valence-corrected chi connectivity index (χ0v) is 14.9. The quantitative estimate of drug-likeness (QED) is 0.675. The second kappa shape index (κ2) is 4.39. The first-order valence-electron chi connectivity index (χ1n) is 9.53. The number of methoxy groups -OCH3 is 1. The molecule has 5 heteroatoms. The molecule has 134 valence electrons. The van der Waals surface area contributed by atoms with Gasteiger partial charge in [-0.15, -0.1) is 0 Å². The van der Waals surface area contributed by atoms with Crippen molar-refractivity contribution in [3.05, 3.63) is 42.0 Å². The van der Waals surface area contributed by atoms with Gasteiger partial charge in [0.05, 0.1) is 23.8 Å². The predicted molar refractivity (Wildman–Crippen MR) is 96.1 cm³/mol. The van der Waals surface area contributed by atoms with E-state index in [0.717, 1.165) is 38.0 Å². The van der Waals surface area contributed by atoms with E-state index in [9.17, 15) is 9.59 Å². The Labute approximate surface area is 152 Å². The van der Waals surface area contributed by atoms with Crippen molar-refractivity contribution in [2.75, 3.05) is 25.1 Å². The van der Waals surface area contributed by atoms with Crippen molar-refractivity contribution in [1.82, 2.24) is 4.90 Å². The summed E-state index contributed by atoms with van der Waals surface area (Å²) in [5.74, 6) is 0.300. The monoisotopic (exact) mass is 350 g/mol. The van der Waals surface area contributed by atoms with Gasteiger partial charge in [0, 0.05) is 24.4 Å². The van der Waals surface area contributed by atoms with Gasteiger partial charge in [-0.2, -0.15) is 0 Å². The van der Waals surface area contributed by atoms with Crippen molar-refractivity contribution in [2.45, 2.75) is 42.7 Å². The Morgan fingerprint density at radius 3 is 2.88 bits per heavy atom. The average Bonchev–Trinajstić information content (AvgIpc) is 3.18. The van der Waals surface area contributed by atoms with Crippen molar-refractivity contribution >= 4 is 17.6 Å². The average molecular weight is 350 g/mol. The normalized spacial score (nSPS) is 41.8. The number of hydrogen-bond donors (Lipinski definition) is 0. The lowest BCUT2D eigenvalue weighted by Gasteiger charge is -2.65. The van der Waals surface area contributed by atoms with Crippen LogP contribution in [-0.2, 0) is 14.9 Å². The predicted octanol–water partition coefficient (Wildman–Crippen LogP) is 2.65. The van der Waals surface area contributed by atoms with Crippen LogP contribution in [0.4, 0.5) is 10.5 Å². The van der Waals surface area contributed by atoms with Crippen molar-refractivity contribution < 1.29 is 14.3 Å². The first-order valence-corrected chi connectivity index (χ1v) is 9.53. The number of fused-ring (bicyclic) bond motifs is 3. The molecular weight excluding hydrogens is 328 g/mol. The SMILES string of the molecule is COC(=O)N1c2ccccc2C23CCN4CC=CC5(CCC12CC5=O)C43. The fourth-order valence-corrected chi connectivity index (χ4v) is 7.32. The van der Waals surface area contributed by atoms with Gasteiger partial charge in [-0.3, -0.25) is 14.6 Å². The van der Waals surface area contributed by atoms with Gasteiger partial charge in [0.1, 0.15) is 5.78 Å². The molecule has 4 atom stereocenters. The van der Waals surface area contributed by atoms with Gasteiger partial charge in [0.25, 0.3) is 0 Å². The lowest BCUT2D eigenvalue weighted by Crippen LogP contribution is -2.77. The number of amides is 1. The summed E-state index contributed by atoms with van der Waals surface area (Å²) in [4.78, 5) is 30.7. The Bertz CT molecular complexity index is 895. The molecule has 4 unspecified atom stereocenters. The minimum absolute atomic E-state index is 0.158.